The van der Waals surface area contributed by atoms with Gasteiger partial charge in [-0.15, -0.1) is 0 Å². The number of aromatic nitrogens is 1. The largest absolute Gasteiger partial charge is 0.481 e. The number of rotatable bonds is 3. The lowest BCUT2D eigenvalue weighted by atomic mass is 9.91. The maximum absolute atomic E-state index is 12.5. The lowest BCUT2D eigenvalue weighted by Crippen LogP contribution is -2.42. The number of carbonyl (C=O) groups is 1. The first-order valence-corrected chi connectivity index (χ1v) is 8.88. The number of urea groups is 1. The number of methoxy groups -OCH3 is 1. The molecule has 2 heterocycles. The molecule has 0 saturated carbocycles. The summed E-state index contributed by atoms with van der Waals surface area (Å²) in [6.07, 6.45) is 4.76. The highest BCUT2D eigenvalue weighted by molar-refractivity contribution is 5.89. The van der Waals surface area contributed by atoms with Crippen molar-refractivity contribution in [1.82, 2.24) is 9.88 Å². The fourth-order valence-electron chi connectivity index (χ4n) is 3.20. The fraction of sp³-hybridized carbons (Fsp3) is 0.333. The molecule has 0 aliphatic carbocycles. The van der Waals surface area contributed by atoms with Gasteiger partial charge in [0.2, 0.25) is 5.88 Å². The first-order chi connectivity index (χ1) is 12.5. The predicted molar refractivity (Wildman–Crippen MR) is 104 cm³/mol. The number of aryl methyl sites for hydroxylation is 1. The maximum atomic E-state index is 12.5. The van der Waals surface area contributed by atoms with Crippen LogP contribution in [0.25, 0.3) is 6.08 Å². The van der Waals surface area contributed by atoms with E-state index in [9.17, 15) is 4.79 Å². The molecule has 5 heteroatoms. The Balaban J connectivity index is 1.61. The number of piperidine rings is 1. The average Bonchev–Trinajstić information content (AvgIpc) is 2.64. The third-order valence-electron chi connectivity index (χ3n) is 4.68. The van der Waals surface area contributed by atoms with Gasteiger partial charge in [-0.25, -0.2) is 9.78 Å². The van der Waals surface area contributed by atoms with Crippen molar-refractivity contribution in [2.75, 3.05) is 25.5 Å². The van der Waals surface area contributed by atoms with Gasteiger partial charge in [0.1, 0.15) is 0 Å². The SMILES string of the molecule is COc1ccc(NC(=O)N2CC/C(=C\c3cccc(C)c3)C(C)C2)cn1. The highest BCUT2D eigenvalue weighted by Crippen LogP contribution is 2.25. The standard InChI is InChI=1S/C21H25N3O2/c1-15-5-4-6-17(11-15)12-18-9-10-24(14-16(18)2)21(25)23-19-7-8-20(26-3)22-13-19/h4-8,11-13,16H,9-10,14H2,1-3H3,(H,23,25)/b18-12+. The molecular formula is C21H25N3O2. The van der Waals surface area contributed by atoms with Crippen LogP contribution in [0.2, 0.25) is 0 Å². The molecular weight excluding hydrogens is 326 g/mol. The summed E-state index contributed by atoms with van der Waals surface area (Å²) in [6, 6.07) is 11.9. The summed E-state index contributed by atoms with van der Waals surface area (Å²) < 4.78 is 5.03. The van der Waals surface area contributed by atoms with E-state index in [1.54, 1.807) is 25.4 Å². The van der Waals surface area contributed by atoms with E-state index in [0.29, 0.717) is 24.0 Å². The van der Waals surface area contributed by atoms with E-state index in [-0.39, 0.29) is 6.03 Å². The van der Waals surface area contributed by atoms with Crippen LogP contribution in [0.3, 0.4) is 0 Å². The topological polar surface area (TPSA) is 54.5 Å². The fourth-order valence-corrected chi connectivity index (χ4v) is 3.20. The molecule has 1 aliphatic heterocycles. The normalized spacial score (nSPS) is 18.7. The van der Waals surface area contributed by atoms with Crippen LogP contribution in [-0.2, 0) is 0 Å². The first kappa shape index (κ1) is 18.0. The number of pyridine rings is 1. The lowest BCUT2D eigenvalue weighted by molar-refractivity contribution is 0.198. The molecule has 1 aromatic carbocycles. The van der Waals surface area contributed by atoms with E-state index in [1.807, 2.05) is 4.90 Å². The number of nitrogens with one attached hydrogen (secondary N) is 1. The lowest BCUT2D eigenvalue weighted by Gasteiger charge is -2.33. The van der Waals surface area contributed by atoms with E-state index in [2.05, 4.69) is 54.5 Å². The van der Waals surface area contributed by atoms with Gasteiger partial charge in [-0.05, 0) is 30.9 Å². The minimum atomic E-state index is -0.0848. The minimum absolute atomic E-state index is 0.0848. The molecule has 1 atom stereocenters. The zero-order chi connectivity index (χ0) is 18.5. The molecule has 1 aromatic heterocycles. The molecule has 2 aromatic rings. The third-order valence-corrected chi connectivity index (χ3v) is 4.68. The molecule has 136 valence electrons. The molecule has 1 unspecified atom stereocenters. The third kappa shape index (κ3) is 4.42. The number of amides is 2. The Labute approximate surface area is 154 Å². The van der Waals surface area contributed by atoms with Gasteiger partial charge in [0, 0.05) is 19.2 Å². The van der Waals surface area contributed by atoms with Crippen molar-refractivity contribution in [3.63, 3.8) is 0 Å². The average molecular weight is 351 g/mol. The summed E-state index contributed by atoms with van der Waals surface area (Å²) >= 11 is 0. The van der Waals surface area contributed by atoms with Gasteiger partial charge in [-0.1, -0.05) is 48.4 Å². The molecule has 1 fully saturated rings. The number of ether oxygens (including phenoxy) is 1. The first-order valence-electron chi connectivity index (χ1n) is 8.88. The van der Waals surface area contributed by atoms with Gasteiger partial charge in [0.25, 0.3) is 0 Å². The second-order valence-electron chi connectivity index (χ2n) is 6.75. The van der Waals surface area contributed by atoms with Crippen molar-refractivity contribution in [3.05, 3.63) is 59.3 Å². The van der Waals surface area contributed by atoms with Crippen LogP contribution < -0.4 is 10.1 Å². The molecule has 26 heavy (non-hydrogen) atoms. The van der Waals surface area contributed by atoms with Crippen LogP contribution in [0, 0.1) is 12.8 Å². The Kier molecular flexibility index (Phi) is 5.56. The molecule has 0 radical (unpaired) electrons. The van der Waals surface area contributed by atoms with Crippen LogP contribution in [0.1, 0.15) is 24.5 Å². The van der Waals surface area contributed by atoms with Gasteiger partial charge >= 0.3 is 6.03 Å². The second-order valence-corrected chi connectivity index (χ2v) is 6.75. The van der Waals surface area contributed by atoms with Gasteiger partial charge in [0.15, 0.2) is 0 Å². The van der Waals surface area contributed by atoms with E-state index < -0.39 is 0 Å². The molecule has 1 saturated heterocycles. The van der Waals surface area contributed by atoms with Crippen molar-refractivity contribution >= 4 is 17.8 Å². The summed E-state index contributed by atoms with van der Waals surface area (Å²) in [5, 5.41) is 2.90. The molecule has 1 aliphatic rings. The summed E-state index contributed by atoms with van der Waals surface area (Å²) in [7, 11) is 1.57. The van der Waals surface area contributed by atoms with Crippen molar-refractivity contribution in [2.24, 2.45) is 5.92 Å². The molecule has 3 rings (SSSR count). The molecule has 0 spiro atoms. The highest BCUT2D eigenvalue weighted by atomic mass is 16.5. The van der Waals surface area contributed by atoms with E-state index >= 15 is 0 Å². The number of anilines is 1. The van der Waals surface area contributed by atoms with Gasteiger partial charge < -0.3 is 15.0 Å². The molecule has 5 nitrogen and oxygen atoms in total. The Bertz CT molecular complexity index is 799. The number of carbonyl (C=O) groups excluding carboxylic acids is 1. The van der Waals surface area contributed by atoms with Crippen molar-refractivity contribution < 1.29 is 9.53 Å². The monoisotopic (exact) mass is 351 g/mol. The van der Waals surface area contributed by atoms with Crippen LogP contribution in [-0.4, -0.2) is 36.1 Å². The van der Waals surface area contributed by atoms with Crippen LogP contribution >= 0.6 is 0 Å². The minimum Gasteiger partial charge on any atom is -0.481 e. The summed E-state index contributed by atoms with van der Waals surface area (Å²) in [4.78, 5) is 18.5. The van der Waals surface area contributed by atoms with Gasteiger partial charge in [0.05, 0.1) is 19.0 Å². The number of nitrogens with zero attached hydrogens (tertiary/aromatic N) is 2. The number of hydrogen-bond donors (Lipinski definition) is 1. The van der Waals surface area contributed by atoms with Crippen molar-refractivity contribution in [1.29, 1.82) is 0 Å². The molecule has 0 bridgehead atoms. The van der Waals surface area contributed by atoms with Crippen molar-refractivity contribution in [3.8, 4) is 5.88 Å². The van der Waals surface area contributed by atoms with Crippen LogP contribution in [0.4, 0.5) is 10.5 Å². The smallest absolute Gasteiger partial charge is 0.321 e. The maximum Gasteiger partial charge on any atom is 0.321 e. The predicted octanol–water partition coefficient (Wildman–Crippen LogP) is 4.36. The summed E-state index contributed by atoms with van der Waals surface area (Å²) in [6.45, 7) is 5.72. The van der Waals surface area contributed by atoms with E-state index in [4.69, 9.17) is 4.74 Å². The Morgan fingerprint density at radius 2 is 2.19 bits per heavy atom. The number of hydrogen-bond acceptors (Lipinski definition) is 3. The second kappa shape index (κ2) is 8.04. The number of likely N-dealkylation sites (tertiary alicyclic amines) is 1. The Morgan fingerprint density at radius 1 is 1.35 bits per heavy atom. The Morgan fingerprint density at radius 3 is 2.85 bits per heavy atom. The summed E-state index contributed by atoms with van der Waals surface area (Å²) in [5.41, 5.74) is 4.56. The van der Waals surface area contributed by atoms with E-state index in [0.717, 1.165) is 13.0 Å². The van der Waals surface area contributed by atoms with Crippen LogP contribution in [0.5, 0.6) is 5.88 Å². The van der Waals surface area contributed by atoms with Crippen LogP contribution in [0.15, 0.2) is 48.2 Å². The quantitative estimate of drug-likeness (QED) is 0.894. The van der Waals surface area contributed by atoms with Gasteiger partial charge in [-0.2, -0.15) is 0 Å². The van der Waals surface area contributed by atoms with Gasteiger partial charge in [-0.3, -0.25) is 0 Å². The highest BCUT2D eigenvalue weighted by Gasteiger charge is 2.24. The molecule has 1 N–H and O–H groups in total. The Hall–Kier alpha value is -2.82. The number of benzene rings is 1. The summed E-state index contributed by atoms with van der Waals surface area (Å²) in [5.74, 6) is 0.865. The molecule has 2 amide bonds. The zero-order valence-corrected chi connectivity index (χ0v) is 15.5. The van der Waals surface area contributed by atoms with E-state index in [1.165, 1.54) is 16.7 Å². The van der Waals surface area contributed by atoms with Crippen molar-refractivity contribution in [2.45, 2.75) is 20.3 Å². The zero-order valence-electron chi connectivity index (χ0n) is 15.5.